The van der Waals surface area contributed by atoms with Crippen molar-refractivity contribution in [3.63, 3.8) is 0 Å². The van der Waals surface area contributed by atoms with Crippen LogP contribution in [0.2, 0.25) is 0 Å². The SMILES string of the molecule is C#CCBr.C#CCN1CCC(c2nc(-c3ccncc3)ncc2-c2cccc(OC)c2)CC1.COc1cccc(-c2cnc(-c3ccncc3)nc2C2CCNCC2)c1. The number of aromatic nitrogens is 6. The van der Waals surface area contributed by atoms with E-state index in [1.807, 2.05) is 67.0 Å². The minimum atomic E-state index is 0.369. The van der Waals surface area contributed by atoms with E-state index in [9.17, 15) is 0 Å². The molecule has 10 nitrogen and oxygen atoms in total. The van der Waals surface area contributed by atoms with Gasteiger partial charge in [-0.2, -0.15) is 0 Å². The van der Waals surface area contributed by atoms with Crippen LogP contribution < -0.4 is 14.8 Å². The largest absolute Gasteiger partial charge is 0.497 e. The fraction of sp³-hybridized carbons (Fsp3) is 0.292. The molecule has 6 aromatic rings. The molecule has 0 radical (unpaired) electrons. The zero-order valence-corrected chi connectivity index (χ0v) is 35.2. The highest BCUT2D eigenvalue weighted by Gasteiger charge is 2.26. The van der Waals surface area contributed by atoms with Gasteiger partial charge in [0.05, 0.1) is 37.5 Å². The molecule has 2 aromatic carbocycles. The molecule has 4 aromatic heterocycles. The van der Waals surface area contributed by atoms with Crippen LogP contribution in [0.5, 0.6) is 11.5 Å². The zero-order chi connectivity index (χ0) is 41.2. The Labute approximate surface area is 356 Å². The molecule has 1 N–H and O–H groups in total. The molecule has 0 atom stereocenters. The Bertz CT molecular complexity index is 2320. The highest BCUT2D eigenvalue weighted by Crippen LogP contribution is 2.37. The number of terminal acetylenes is 2. The highest BCUT2D eigenvalue weighted by molar-refractivity contribution is 9.09. The van der Waals surface area contributed by atoms with Gasteiger partial charge in [-0.1, -0.05) is 52.0 Å². The van der Waals surface area contributed by atoms with E-state index in [-0.39, 0.29) is 0 Å². The molecule has 0 bridgehead atoms. The van der Waals surface area contributed by atoms with Crippen molar-refractivity contribution in [3.8, 4) is 81.2 Å². The third-order valence-corrected chi connectivity index (χ3v) is 10.7. The van der Waals surface area contributed by atoms with Crippen LogP contribution in [0.1, 0.15) is 48.9 Å². The molecule has 2 saturated heterocycles. The smallest absolute Gasteiger partial charge is 0.159 e. The minimum Gasteiger partial charge on any atom is -0.497 e. The molecule has 11 heteroatoms. The summed E-state index contributed by atoms with van der Waals surface area (Å²) >= 11 is 3.01. The number of methoxy groups -OCH3 is 2. The maximum atomic E-state index is 5.49. The predicted octanol–water partition coefficient (Wildman–Crippen LogP) is 8.72. The lowest BCUT2D eigenvalue weighted by atomic mass is 9.88. The lowest BCUT2D eigenvalue weighted by Crippen LogP contribution is -2.33. The first-order valence-corrected chi connectivity index (χ1v) is 20.9. The summed E-state index contributed by atoms with van der Waals surface area (Å²) in [5.41, 5.74) is 8.52. The number of pyridine rings is 2. The number of hydrogen-bond donors (Lipinski definition) is 1. The van der Waals surface area contributed by atoms with E-state index >= 15 is 0 Å². The van der Waals surface area contributed by atoms with E-state index < -0.39 is 0 Å². The van der Waals surface area contributed by atoms with Crippen LogP contribution in [-0.2, 0) is 0 Å². The average molecular weight is 850 g/mol. The van der Waals surface area contributed by atoms with Crippen LogP contribution in [0, 0.1) is 24.7 Å². The summed E-state index contributed by atoms with van der Waals surface area (Å²) in [5.74, 6) is 9.07. The standard InChI is InChI=1S/C24H24N4O.C21H22N4O.C3H3Br/c1-3-13-28-14-9-18(10-15-28)23-22(20-5-4-6-21(16-20)29-2)17-26-24(27-23)19-7-11-25-12-8-19;1-26-18-4-2-3-17(13-18)19-14-24-21(16-7-11-23-12-8-16)25-20(19)15-5-9-22-10-6-15;1-2-3-4/h1,4-8,11-12,16-18H,9-10,13-15H2,2H3;2-4,7-8,11-15,22H,5-6,9-10H2,1H3;1H,3H2. The Kier molecular flexibility index (Phi) is 16.1. The maximum absolute atomic E-state index is 5.49. The summed E-state index contributed by atoms with van der Waals surface area (Å²) in [6, 6.07) is 24.0. The Morgan fingerprint density at radius 3 is 1.54 bits per heavy atom. The summed E-state index contributed by atoms with van der Waals surface area (Å²) in [6.45, 7) is 4.73. The summed E-state index contributed by atoms with van der Waals surface area (Å²) < 4.78 is 10.8. The summed E-state index contributed by atoms with van der Waals surface area (Å²) in [4.78, 5) is 29.8. The normalized spacial score (nSPS) is 14.3. The van der Waals surface area contributed by atoms with E-state index in [0.717, 1.165) is 120 Å². The van der Waals surface area contributed by atoms with Crippen molar-refractivity contribution in [2.24, 2.45) is 0 Å². The van der Waals surface area contributed by atoms with Gasteiger partial charge in [-0.3, -0.25) is 14.9 Å². The Morgan fingerprint density at radius 1 is 0.661 bits per heavy atom. The van der Waals surface area contributed by atoms with Crippen molar-refractivity contribution in [2.45, 2.75) is 37.5 Å². The van der Waals surface area contributed by atoms with Gasteiger partial charge in [0.25, 0.3) is 0 Å². The van der Waals surface area contributed by atoms with Gasteiger partial charge in [-0.05, 0) is 112 Å². The van der Waals surface area contributed by atoms with Gasteiger partial charge < -0.3 is 14.8 Å². The lowest BCUT2D eigenvalue weighted by Gasteiger charge is -2.31. The second-order valence-electron chi connectivity index (χ2n) is 14.0. The number of piperidine rings is 2. The van der Waals surface area contributed by atoms with Gasteiger partial charge in [0.15, 0.2) is 11.6 Å². The van der Waals surface area contributed by atoms with Crippen molar-refractivity contribution < 1.29 is 9.47 Å². The number of rotatable bonds is 9. The molecule has 59 heavy (non-hydrogen) atoms. The van der Waals surface area contributed by atoms with Gasteiger partial charge in [-0.25, -0.2) is 19.9 Å². The predicted molar refractivity (Wildman–Crippen MR) is 239 cm³/mol. The first-order chi connectivity index (χ1) is 29.0. The molecule has 0 aliphatic carbocycles. The summed E-state index contributed by atoms with van der Waals surface area (Å²) in [6.07, 6.45) is 25.5. The monoisotopic (exact) mass is 848 g/mol. The number of hydrogen-bond acceptors (Lipinski definition) is 10. The number of nitrogens with one attached hydrogen (secondary N) is 1. The molecule has 0 amide bonds. The van der Waals surface area contributed by atoms with E-state index in [1.54, 1.807) is 39.0 Å². The van der Waals surface area contributed by atoms with Crippen LogP contribution >= 0.6 is 15.9 Å². The molecule has 2 aliphatic heterocycles. The number of ether oxygens (including phenoxy) is 2. The molecule has 0 saturated carbocycles. The van der Waals surface area contributed by atoms with E-state index in [4.69, 9.17) is 32.3 Å². The van der Waals surface area contributed by atoms with Crippen molar-refractivity contribution >= 4 is 15.9 Å². The number of nitrogens with zero attached hydrogens (tertiary/aromatic N) is 7. The second kappa shape index (κ2) is 22.2. The third kappa shape index (κ3) is 11.6. The topological polar surface area (TPSA) is 111 Å². The van der Waals surface area contributed by atoms with Crippen molar-refractivity contribution in [1.82, 2.24) is 40.1 Å². The first kappa shape index (κ1) is 42.6. The van der Waals surface area contributed by atoms with E-state index in [1.165, 1.54) is 0 Å². The van der Waals surface area contributed by atoms with Gasteiger partial charge in [0.1, 0.15) is 11.5 Å². The summed E-state index contributed by atoms with van der Waals surface area (Å²) in [7, 11) is 3.38. The Morgan fingerprint density at radius 2 is 1.12 bits per heavy atom. The minimum absolute atomic E-state index is 0.369. The molecule has 2 aliphatic rings. The number of halogens is 1. The molecule has 300 valence electrons. The van der Waals surface area contributed by atoms with Crippen LogP contribution in [0.25, 0.3) is 45.0 Å². The number of likely N-dealkylation sites (tertiary alicyclic amines) is 1. The fourth-order valence-corrected chi connectivity index (χ4v) is 7.31. The highest BCUT2D eigenvalue weighted by atomic mass is 79.9. The average Bonchev–Trinajstić information content (AvgIpc) is 3.32. The molecule has 0 unspecified atom stereocenters. The second-order valence-corrected chi connectivity index (χ2v) is 14.6. The van der Waals surface area contributed by atoms with Gasteiger partial charge in [0.2, 0.25) is 0 Å². The molecule has 6 heterocycles. The molecule has 0 spiro atoms. The Hall–Kier alpha value is -5.98. The quantitative estimate of drug-likeness (QED) is 0.112. The van der Waals surface area contributed by atoms with Crippen LogP contribution in [-0.4, -0.2) is 87.1 Å². The lowest BCUT2D eigenvalue weighted by molar-refractivity contribution is 0.234. The molecular weight excluding hydrogens is 800 g/mol. The Balaban J connectivity index is 0.000000183. The van der Waals surface area contributed by atoms with Crippen LogP contribution in [0.3, 0.4) is 0 Å². The van der Waals surface area contributed by atoms with Crippen molar-refractivity contribution in [3.05, 3.63) is 121 Å². The van der Waals surface area contributed by atoms with Gasteiger partial charge >= 0.3 is 0 Å². The van der Waals surface area contributed by atoms with E-state index in [2.05, 4.69) is 76.1 Å². The third-order valence-electron chi connectivity index (χ3n) is 10.4. The fourth-order valence-electron chi connectivity index (χ4n) is 7.31. The molecular formula is C48H49BrN8O2. The maximum Gasteiger partial charge on any atom is 0.159 e. The first-order valence-electron chi connectivity index (χ1n) is 19.7. The number of benzene rings is 2. The summed E-state index contributed by atoms with van der Waals surface area (Å²) in [5, 5.41) is 4.10. The molecule has 2 fully saturated rings. The van der Waals surface area contributed by atoms with Crippen molar-refractivity contribution in [2.75, 3.05) is 52.3 Å². The van der Waals surface area contributed by atoms with Gasteiger partial charge in [-0.15, -0.1) is 12.8 Å². The van der Waals surface area contributed by atoms with Crippen LogP contribution in [0.15, 0.2) is 110 Å². The number of alkyl halides is 1. The van der Waals surface area contributed by atoms with Crippen LogP contribution in [0.4, 0.5) is 0 Å². The van der Waals surface area contributed by atoms with Crippen molar-refractivity contribution in [1.29, 1.82) is 0 Å². The van der Waals surface area contributed by atoms with E-state index in [0.29, 0.717) is 23.7 Å². The molecule has 8 rings (SSSR count). The van der Waals surface area contributed by atoms with Gasteiger partial charge in [0, 0.05) is 71.3 Å². The zero-order valence-electron chi connectivity index (χ0n) is 33.6.